The Labute approximate surface area is 126 Å². The first kappa shape index (κ1) is 12.7. The predicted octanol–water partition coefficient (Wildman–Crippen LogP) is 1.83. The molecular weight excluding hydrogens is 280 g/mol. The Balaban J connectivity index is 1.68. The van der Waals surface area contributed by atoms with Crippen LogP contribution in [-0.4, -0.2) is 31.3 Å². The average Bonchev–Trinajstić information content (AvgIpc) is 3.00. The van der Waals surface area contributed by atoms with Crippen LogP contribution in [0.1, 0.15) is 32.1 Å². The normalized spacial score (nSPS) is 14.0. The van der Waals surface area contributed by atoms with E-state index in [1.54, 1.807) is 41.0 Å². The smallest absolute Gasteiger partial charge is 0.261 e. The van der Waals surface area contributed by atoms with E-state index in [-0.39, 0.29) is 18.4 Å². The molecule has 0 bridgehead atoms. The van der Waals surface area contributed by atoms with Crippen molar-refractivity contribution >= 4 is 17.5 Å². The standard InChI is InChI=1S/C16H12N4O2/c1-10-8-14-17-11(6-7-20(14)18-10)9-19-15(21)12-4-2-3-5-13(12)16(19)22/h2-8H,9H2,1H3. The minimum absolute atomic E-state index is 0.160. The van der Waals surface area contributed by atoms with E-state index in [1.165, 1.54) is 4.90 Å². The van der Waals surface area contributed by atoms with Crippen LogP contribution in [0.5, 0.6) is 0 Å². The molecule has 0 atom stereocenters. The lowest BCUT2D eigenvalue weighted by atomic mass is 10.1. The van der Waals surface area contributed by atoms with Crippen molar-refractivity contribution in [1.82, 2.24) is 19.5 Å². The van der Waals surface area contributed by atoms with Gasteiger partial charge in [0.25, 0.3) is 11.8 Å². The molecule has 22 heavy (non-hydrogen) atoms. The highest BCUT2D eigenvalue weighted by Crippen LogP contribution is 2.23. The lowest BCUT2D eigenvalue weighted by Crippen LogP contribution is -2.29. The van der Waals surface area contributed by atoms with E-state index < -0.39 is 0 Å². The van der Waals surface area contributed by atoms with Crippen molar-refractivity contribution < 1.29 is 9.59 Å². The molecule has 0 radical (unpaired) electrons. The molecule has 0 unspecified atom stereocenters. The molecule has 0 saturated carbocycles. The summed E-state index contributed by atoms with van der Waals surface area (Å²) in [5.41, 5.74) is 3.13. The van der Waals surface area contributed by atoms with Gasteiger partial charge < -0.3 is 0 Å². The van der Waals surface area contributed by atoms with E-state index >= 15 is 0 Å². The zero-order valence-corrected chi connectivity index (χ0v) is 11.9. The van der Waals surface area contributed by atoms with E-state index in [0.29, 0.717) is 22.5 Å². The van der Waals surface area contributed by atoms with Gasteiger partial charge in [-0.3, -0.25) is 14.5 Å². The lowest BCUT2D eigenvalue weighted by Gasteiger charge is -2.13. The number of aromatic nitrogens is 3. The molecular formula is C16H12N4O2. The molecule has 0 fully saturated rings. The van der Waals surface area contributed by atoms with Crippen molar-refractivity contribution in [3.8, 4) is 0 Å². The third kappa shape index (κ3) is 1.81. The largest absolute Gasteiger partial charge is 0.269 e. The minimum Gasteiger partial charge on any atom is -0.269 e. The van der Waals surface area contributed by atoms with E-state index in [2.05, 4.69) is 10.1 Å². The summed E-state index contributed by atoms with van der Waals surface area (Å²) in [6.45, 7) is 2.05. The number of hydrogen-bond donors (Lipinski definition) is 0. The van der Waals surface area contributed by atoms with Crippen LogP contribution < -0.4 is 0 Å². The molecule has 1 aliphatic rings. The summed E-state index contributed by atoms with van der Waals surface area (Å²) in [6, 6.07) is 10.5. The summed E-state index contributed by atoms with van der Waals surface area (Å²) in [7, 11) is 0. The molecule has 1 aliphatic heterocycles. The maximum atomic E-state index is 12.3. The Morgan fingerprint density at radius 1 is 1.05 bits per heavy atom. The highest BCUT2D eigenvalue weighted by Gasteiger charge is 2.35. The number of rotatable bonds is 2. The fraction of sp³-hybridized carbons (Fsp3) is 0.125. The van der Waals surface area contributed by atoms with Gasteiger partial charge in [-0.25, -0.2) is 9.50 Å². The summed E-state index contributed by atoms with van der Waals surface area (Å²) >= 11 is 0. The number of aryl methyl sites for hydroxylation is 1. The van der Waals surface area contributed by atoms with E-state index in [9.17, 15) is 9.59 Å². The Bertz CT molecular complexity index is 894. The van der Waals surface area contributed by atoms with Crippen LogP contribution in [0, 0.1) is 6.92 Å². The maximum Gasteiger partial charge on any atom is 0.261 e. The number of carbonyl (C=O) groups is 2. The molecule has 0 saturated heterocycles. The highest BCUT2D eigenvalue weighted by molar-refractivity contribution is 6.21. The topological polar surface area (TPSA) is 67.6 Å². The molecule has 3 aromatic rings. The van der Waals surface area contributed by atoms with Crippen molar-refractivity contribution in [3.63, 3.8) is 0 Å². The van der Waals surface area contributed by atoms with Crippen LogP contribution in [0.3, 0.4) is 0 Å². The van der Waals surface area contributed by atoms with E-state index in [0.717, 1.165) is 5.69 Å². The number of imide groups is 1. The predicted molar refractivity (Wildman–Crippen MR) is 78.4 cm³/mol. The first-order chi connectivity index (χ1) is 10.6. The number of benzene rings is 1. The number of hydrogen-bond acceptors (Lipinski definition) is 4. The monoisotopic (exact) mass is 292 g/mol. The second-order valence-corrected chi connectivity index (χ2v) is 5.25. The molecule has 6 nitrogen and oxygen atoms in total. The van der Waals surface area contributed by atoms with Crippen molar-refractivity contribution in [2.45, 2.75) is 13.5 Å². The third-order valence-corrected chi connectivity index (χ3v) is 3.70. The van der Waals surface area contributed by atoms with Crippen molar-refractivity contribution in [2.24, 2.45) is 0 Å². The van der Waals surface area contributed by atoms with Gasteiger partial charge in [0.15, 0.2) is 5.65 Å². The van der Waals surface area contributed by atoms with Gasteiger partial charge in [-0.2, -0.15) is 5.10 Å². The minimum atomic E-state index is -0.271. The average molecular weight is 292 g/mol. The molecule has 1 aromatic carbocycles. The van der Waals surface area contributed by atoms with Gasteiger partial charge in [0.2, 0.25) is 0 Å². The summed E-state index contributed by atoms with van der Waals surface area (Å²) in [6.07, 6.45) is 1.78. The van der Waals surface area contributed by atoms with Crippen LogP contribution >= 0.6 is 0 Å². The molecule has 2 aromatic heterocycles. The van der Waals surface area contributed by atoms with Gasteiger partial charge in [0.05, 0.1) is 29.1 Å². The molecule has 6 heteroatoms. The quantitative estimate of drug-likeness (QED) is 0.676. The first-order valence-corrected chi connectivity index (χ1v) is 6.90. The second kappa shape index (κ2) is 4.49. The SMILES string of the molecule is Cc1cc2nc(CN3C(=O)c4ccccc4C3=O)ccn2n1. The Kier molecular flexibility index (Phi) is 2.59. The molecule has 3 heterocycles. The lowest BCUT2D eigenvalue weighted by molar-refractivity contribution is 0.0640. The summed E-state index contributed by atoms with van der Waals surface area (Å²) in [5, 5.41) is 4.26. The molecule has 108 valence electrons. The fourth-order valence-electron chi connectivity index (χ4n) is 2.67. The Hall–Kier alpha value is -3.02. The Morgan fingerprint density at radius 3 is 2.41 bits per heavy atom. The maximum absolute atomic E-state index is 12.3. The van der Waals surface area contributed by atoms with Crippen LogP contribution in [0.25, 0.3) is 5.65 Å². The van der Waals surface area contributed by atoms with Gasteiger partial charge in [-0.05, 0) is 25.1 Å². The van der Waals surface area contributed by atoms with E-state index in [1.807, 2.05) is 13.0 Å². The van der Waals surface area contributed by atoms with Crippen LogP contribution in [-0.2, 0) is 6.54 Å². The zero-order chi connectivity index (χ0) is 15.3. The van der Waals surface area contributed by atoms with Gasteiger partial charge in [-0.1, -0.05) is 12.1 Å². The van der Waals surface area contributed by atoms with Crippen LogP contribution in [0.4, 0.5) is 0 Å². The summed E-state index contributed by atoms with van der Waals surface area (Å²) < 4.78 is 1.67. The third-order valence-electron chi connectivity index (χ3n) is 3.70. The summed E-state index contributed by atoms with van der Waals surface area (Å²) in [4.78, 5) is 30.4. The van der Waals surface area contributed by atoms with Crippen LogP contribution in [0.15, 0.2) is 42.6 Å². The van der Waals surface area contributed by atoms with Gasteiger partial charge in [0, 0.05) is 12.3 Å². The Morgan fingerprint density at radius 2 is 1.73 bits per heavy atom. The molecule has 0 spiro atoms. The molecule has 0 aliphatic carbocycles. The zero-order valence-electron chi connectivity index (χ0n) is 11.9. The van der Waals surface area contributed by atoms with Crippen molar-refractivity contribution in [3.05, 3.63) is 65.1 Å². The van der Waals surface area contributed by atoms with Crippen molar-refractivity contribution in [1.29, 1.82) is 0 Å². The number of carbonyl (C=O) groups excluding carboxylic acids is 2. The number of amides is 2. The molecule has 4 rings (SSSR count). The highest BCUT2D eigenvalue weighted by atomic mass is 16.2. The van der Waals surface area contributed by atoms with Crippen LogP contribution in [0.2, 0.25) is 0 Å². The van der Waals surface area contributed by atoms with Gasteiger partial charge in [0.1, 0.15) is 0 Å². The first-order valence-electron chi connectivity index (χ1n) is 6.90. The van der Waals surface area contributed by atoms with Gasteiger partial charge >= 0.3 is 0 Å². The molecule has 0 N–H and O–H groups in total. The fourth-order valence-corrected chi connectivity index (χ4v) is 2.67. The van der Waals surface area contributed by atoms with Gasteiger partial charge in [-0.15, -0.1) is 0 Å². The number of nitrogens with zero attached hydrogens (tertiary/aromatic N) is 4. The molecule has 2 amide bonds. The van der Waals surface area contributed by atoms with E-state index in [4.69, 9.17) is 0 Å². The number of fused-ring (bicyclic) bond motifs is 2. The second-order valence-electron chi connectivity index (χ2n) is 5.25. The van der Waals surface area contributed by atoms with Crippen molar-refractivity contribution in [2.75, 3.05) is 0 Å². The summed E-state index contributed by atoms with van der Waals surface area (Å²) in [5.74, 6) is -0.543.